The smallest absolute Gasteiger partial charge is 0.315 e. The molecule has 4 saturated carbocycles. The Morgan fingerprint density at radius 3 is 2.20 bits per heavy atom. The number of hydrogen-bond acceptors (Lipinski definition) is 6. The minimum absolute atomic E-state index is 0.0112. The van der Waals surface area contributed by atoms with Gasteiger partial charge in [-0.25, -0.2) is 0 Å². The third-order valence-corrected chi connectivity index (χ3v) is 16.1. The van der Waals surface area contributed by atoms with Crippen molar-refractivity contribution >= 4 is 16.1 Å². The molecule has 1 aromatic rings. The monoisotopic (exact) mass is 640 g/mol. The number of carbonyl (C=O) groups is 1. The van der Waals surface area contributed by atoms with Crippen molar-refractivity contribution in [1.29, 1.82) is 0 Å². The lowest BCUT2D eigenvalue weighted by Crippen LogP contribution is -2.67. The number of aliphatic hydroxyl groups excluding tert-OH is 1. The standard InChI is InChI=1S/C38H56O6S/c1-24-10-12-25(13-11-24)45(41,42)44-31-17-18-35(6)28(34(31,4)5)16-19-36(7)29(35)15-14-26-27-22-33(2,3)20-21-38(27,32(40)43-9)30(39)23-37(26,36)8/h10-14,27-31,39H,15-23H2,1-9H3/t27-,28-,29+,30+,31-,35-,36+,37+,38+/m0/s1. The summed E-state index contributed by atoms with van der Waals surface area (Å²) >= 11 is 0. The second-order valence-electron chi connectivity index (χ2n) is 17.7. The van der Waals surface area contributed by atoms with E-state index in [1.807, 2.05) is 19.1 Å². The minimum Gasteiger partial charge on any atom is -0.468 e. The summed E-state index contributed by atoms with van der Waals surface area (Å²) in [7, 11) is -2.41. The fourth-order valence-electron chi connectivity index (χ4n) is 12.0. The summed E-state index contributed by atoms with van der Waals surface area (Å²) in [5, 5.41) is 12.1. The number of ether oxygens (including phenoxy) is 1. The number of aryl methyl sites for hydroxylation is 1. The molecule has 0 aromatic heterocycles. The van der Waals surface area contributed by atoms with Gasteiger partial charge in [-0.05, 0) is 122 Å². The second-order valence-corrected chi connectivity index (χ2v) is 19.3. The number of carbonyl (C=O) groups excluding carboxylic acids is 1. The minimum atomic E-state index is -3.88. The van der Waals surface area contributed by atoms with Gasteiger partial charge in [-0.1, -0.05) is 77.8 Å². The van der Waals surface area contributed by atoms with Crippen molar-refractivity contribution in [3.05, 3.63) is 41.5 Å². The van der Waals surface area contributed by atoms with E-state index in [1.165, 1.54) is 12.7 Å². The van der Waals surface area contributed by atoms with Gasteiger partial charge in [0.1, 0.15) is 5.41 Å². The zero-order valence-electron chi connectivity index (χ0n) is 29.0. The molecule has 5 aliphatic carbocycles. The van der Waals surface area contributed by atoms with Crippen LogP contribution in [0.3, 0.4) is 0 Å². The molecular formula is C38H56O6S. The zero-order chi connectivity index (χ0) is 33.0. The van der Waals surface area contributed by atoms with Gasteiger partial charge in [0.25, 0.3) is 10.1 Å². The molecule has 6 nitrogen and oxygen atoms in total. The molecule has 0 amide bonds. The maximum atomic E-state index is 13.6. The van der Waals surface area contributed by atoms with Crippen LogP contribution in [0.15, 0.2) is 40.8 Å². The SMILES string of the molecule is COC(=O)[C@]12CCC(C)(C)C[C@H]1C1=CC[C@@H]3[C@@]4(C)CC[C@H](OS(=O)(=O)c5ccc(C)cc5)C(C)(C)[C@@H]4CC[C@@]3(C)[C@]1(C)C[C@H]2O. The van der Waals surface area contributed by atoms with Crippen LogP contribution in [0.25, 0.3) is 0 Å². The molecule has 0 bridgehead atoms. The van der Waals surface area contributed by atoms with Crippen molar-refractivity contribution in [2.45, 2.75) is 130 Å². The molecule has 0 saturated heterocycles. The van der Waals surface area contributed by atoms with Crippen LogP contribution in [-0.2, 0) is 23.8 Å². The highest BCUT2D eigenvalue weighted by atomic mass is 32.2. The Labute approximate surface area is 271 Å². The normalized spacial score (nSPS) is 43.5. The molecule has 5 aliphatic rings. The Hall–Kier alpha value is -1.70. The molecule has 0 spiro atoms. The van der Waals surface area contributed by atoms with E-state index in [-0.39, 0.29) is 43.9 Å². The number of aliphatic hydroxyl groups is 1. The Morgan fingerprint density at radius 1 is 0.889 bits per heavy atom. The van der Waals surface area contributed by atoms with Gasteiger partial charge in [-0.3, -0.25) is 8.98 Å². The molecular weight excluding hydrogens is 584 g/mol. The van der Waals surface area contributed by atoms with E-state index in [4.69, 9.17) is 8.92 Å². The molecule has 1 N–H and O–H groups in total. The maximum absolute atomic E-state index is 13.6. The molecule has 250 valence electrons. The van der Waals surface area contributed by atoms with E-state index < -0.39 is 27.7 Å². The molecule has 0 unspecified atom stereocenters. The number of rotatable bonds is 4. The predicted molar refractivity (Wildman–Crippen MR) is 176 cm³/mol. The van der Waals surface area contributed by atoms with Crippen molar-refractivity contribution in [1.82, 2.24) is 0 Å². The molecule has 0 aliphatic heterocycles. The summed E-state index contributed by atoms with van der Waals surface area (Å²) in [6, 6.07) is 6.92. The van der Waals surface area contributed by atoms with Crippen molar-refractivity contribution in [3.63, 3.8) is 0 Å². The second kappa shape index (κ2) is 10.4. The van der Waals surface area contributed by atoms with E-state index in [2.05, 4.69) is 54.5 Å². The van der Waals surface area contributed by atoms with Gasteiger partial charge < -0.3 is 9.84 Å². The number of hydrogen-bond donors (Lipinski definition) is 1. The fraction of sp³-hybridized carbons (Fsp3) is 0.763. The third kappa shape index (κ3) is 4.59. The van der Waals surface area contributed by atoms with Gasteiger partial charge in [-0.15, -0.1) is 0 Å². The molecule has 4 fully saturated rings. The van der Waals surface area contributed by atoms with Gasteiger partial charge in [0.15, 0.2) is 0 Å². The topological polar surface area (TPSA) is 89.9 Å². The summed E-state index contributed by atoms with van der Waals surface area (Å²) in [5.41, 5.74) is 0.950. The van der Waals surface area contributed by atoms with E-state index in [0.717, 1.165) is 44.1 Å². The van der Waals surface area contributed by atoms with Crippen LogP contribution in [-0.4, -0.2) is 38.8 Å². The van der Waals surface area contributed by atoms with Gasteiger partial charge in [-0.2, -0.15) is 8.42 Å². The predicted octanol–water partition coefficient (Wildman–Crippen LogP) is 8.01. The van der Waals surface area contributed by atoms with Gasteiger partial charge in [0.2, 0.25) is 0 Å². The third-order valence-electron chi connectivity index (χ3n) is 14.7. The number of esters is 1. The molecule has 6 rings (SSSR count). The Bertz CT molecular complexity index is 1490. The quantitative estimate of drug-likeness (QED) is 0.204. The summed E-state index contributed by atoms with van der Waals surface area (Å²) in [5.74, 6) is 0.395. The zero-order valence-corrected chi connectivity index (χ0v) is 29.9. The first-order valence-corrected chi connectivity index (χ1v) is 18.7. The summed E-state index contributed by atoms with van der Waals surface area (Å²) in [6.07, 6.45) is 8.87. The fourth-order valence-corrected chi connectivity index (χ4v) is 13.2. The lowest BCUT2D eigenvalue weighted by Gasteiger charge is -2.71. The average Bonchev–Trinajstić information content (AvgIpc) is 2.94. The summed E-state index contributed by atoms with van der Waals surface area (Å²) < 4.78 is 38.4. The first kappa shape index (κ1) is 33.2. The van der Waals surface area contributed by atoms with Crippen LogP contribution in [0.4, 0.5) is 0 Å². The largest absolute Gasteiger partial charge is 0.468 e. The van der Waals surface area contributed by atoms with Crippen LogP contribution in [0.5, 0.6) is 0 Å². The van der Waals surface area contributed by atoms with E-state index >= 15 is 0 Å². The summed E-state index contributed by atoms with van der Waals surface area (Å²) in [4.78, 5) is 13.8. The van der Waals surface area contributed by atoms with Crippen LogP contribution < -0.4 is 0 Å². The Balaban J connectivity index is 1.35. The van der Waals surface area contributed by atoms with Gasteiger partial charge >= 0.3 is 5.97 Å². The average molecular weight is 641 g/mol. The Kier molecular flexibility index (Phi) is 7.67. The highest BCUT2D eigenvalue weighted by Gasteiger charge is 2.71. The van der Waals surface area contributed by atoms with E-state index in [9.17, 15) is 18.3 Å². The lowest BCUT2D eigenvalue weighted by atomic mass is 9.33. The Morgan fingerprint density at radius 2 is 1.56 bits per heavy atom. The van der Waals surface area contributed by atoms with E-state index in [1.54, 1.807) is 12.1 Å². The van der Waals surface area contributed by atoms with Crippen LogP contribution in [0.2, 0.25) is 0 Å². The molecule has 1 aromatic carbocycles. The molecule has 0 radical (unpaired) electrons. The highest BCUT2D eigenvalue weighted by molar-refractivity contribution is 7.86. The lowest BCUT2D eigenvalue weighted by molar-refractivity contribution is -0.217. The van der Waals surface area contributed by atoms with Crippen LogP contribution >= 0.6 is 0 Å². The highest BCUT2D eigenvalue weighted by Crippen LogP contribution is 2.76. The number of fused-ring (bicyclic) bond motifs is 7. The molecule has 7 heteroatoms. The number of benzene rings is 1. The van der Waals surface area contributed by atoms with Crippen LogP contribution in [0, 0.1) is 57.2 Å². The molecule has 0 heterocycles. The molecule has 9 atom stereocenters. The van der Waals surface area contributed by atoms with Crippen LogP contribution in [0.1, 0.15) is 112 Å². The number of allylic oxidation sites excluding steroid dienone is 2. The van der Waals surface area contributed by atoms with Crippen molar-refractivity contribution in [2.75, 3.05) is 7.11 Å². The summed E-state index contributed by atoms with van der Waals surface area (Å²) in [6.45, 7) is 18.3. The maximum Gasteiger partial charge on any atom is 0.315 e. The van der Waals surface area contributed by atoms with Gasteiger partial charge in [0, 0.05) is 0 Å². The van der Waals surface area contributed by atoms with Crippen molar-refractivity contribution in [3.8, 4) is 0 Å². The number of methoxy groups -OCH3 is 1. The first-order valence-electron chi connectivity index (χ1n) is 17.3. The van der Waals surface area contributed by atoms with E-state index in [0.29, 0.717) is 31.1 Å². The molecule has 45 heavy (non-hydrogen) atoms. The van der Waals surface area contributed by atoms with Gasteiger partial charge in [0.05, 0.1) is 24.2 Å². The van der Waals surface area contributed by atoms with Crippen molar-refractivity contribution in [2.24, 2.45) is 50.2 Å². The first-order chi connectivity index (χ1) is 20.8. The van der Waals surface area contributed by atoms with Crippen molar-refractivity contribution < 1.29 is 27.2 Å².